The van der Waals surface area contributed by atoms with Crippen molar-refractivity contribution in [3.63, 3.8) is 0 Å². The van der Waals surface area contributed by atoms with Crippen LogP contribution in [-0.2, 0) is 0 Å². The molecule has 1 aliphatic rings. The fraction of sp³-hybridized carbons (Fsp3) is 0.375. The maximum absolute atomic E-state index is 11.1. The quantitative estimate of drug-likeness (QED) is 0.627. The molecule has 0 unspecified atom stereocenters. The third-order valence-corrected chi connectivity index (χ3v) is 5.11. The molecule has 3 rings (SSSR count). The molecular weight excluding hydrogens is 284 g/mol. The number of nitrogens with zero attached hydrogens (tertiary/aromatic N) is 2. The average Bonchev–Trinajstić information content (AvgIpc) is 2.90. The lowest BCUT2D eigenvalue weighted by molar-refractivity contribution is -0.382. The van der Waals surface area contributed by atoms with Crippen molar-refractivity contribution in [3.8, 4) is 0 Å². The lowest BCUT2D eigenvalue weighted by atomic mass is 9.98. The fourth-order valence-corrected chi connectivity index (χ4v) is 3.92. The number of benzene rings is 1. The monoisotopic (exact) mass is 302 g/mol. The zero-order valence-electron chi connectivity index (χ0n) is 12.2. The van der Waals surface area contributed by atoms with Gasteiger partial charge in [0.05, 0.1) is 4.92 Å². The molecular formula is C16H18N2O2S. The van der Waals surface area contributed by atoms with Gasteiger partial charge in [-0.15, -0.1) is 11.3 Å². The van der Waals surface area contributed by atoms with Gasteiger partial charge in [0.15, 0.2) is 0 Å². The van der Waals surface area contributed by atoms with Crippen LogP contribution in [0.4, 0.5) is 5.69 Å². The summed E-state index contributed by atoms with van der Waals surface area (Å²) in [7, 11) is 0. The Hall–Kier alpha value is -1.72. The summed E-state index contributed by atoms with van der Waals surface area (Å²) in [6.07, 6.45) is 3.27. The smallest absolute Gasteiger partial charge is 0.287 e. The Kier molecular flexibility index (Phi) is 3.78. The minimum atomic E-state index is -0.293. The Bertz CT molecular complexity index is 718. The molecule has 0 N–H and O–H groups in total. The Morgan fingerprint density at radius 3 is 2.81 bits per heavy atom. The van der Waals surface area contributed by atoms with Crippen molar-refractivity contribution in [2.75, 3.05) is 13.1 Å². The van der Waals surface area contributed by atoms with E-state index in [-0.39, 0.29) is 10.6 Å². The van der Waals surface area contributed by atoms with Gasteiger partial charge in [0.1, 0.15) is 4.70 Å². The molecule has 0 saturated heterocycles. The van der Waals surface area contributed by atoms with E-state index in [4.69, 9.17) is 0 Å². The molecule has 110 valence electrons. The zero-order chi connectivity index (χ0) is 15.0. The average molecular weight is 302 g/mol. The van der Waals surface area contributed by atoms with Crippen LogP contribution in [0.5, 0.6) is 0 Å². The van der Waals surface area contributed by atoms with Gasteiger partial charge in [-0.1, -0.05) is 18.2 Å². The molecule has 4 nitrogen and oxygen atoms in total. The summed E-state index contributed by atoms with van der Waals surface area (Å²) in [5.41, 5.74) is 2.70. The maximum atomic E-state index is 11.1. The van der Waals surface area contributed by atoms with Crippen LogP contribution in [0.1, 0.15) is 25.8 Å². The lowest BCUT2D eigenvalue weighted by Gasteiger charge is -2.29. The summed E-state index contributed by atoms with van der Waals surface area (Å²) in [5.74, 6) is 0. The molecule has 0 saturated carbocycles. The standard InChI is InChI=1S/C16H18N2O2S/c1-11(2)17-8-6-12(7-9-17)14-10-21-16-13(14)4-3-5-15(16)18(19)20/h3-6,10-11H,7-9H2,1-2H3. The molecule has 2 heterocycles. The topological polar surface area (TPSA) is 46.4 Å². The second kappa shape index (κ2) is 5.58. The van der Waals surface area contributed by atoms with Crippen molar-refractivity contribution in [1.29, 1.82) is 0 Å². The van der Waals surface area contributed by atoms with Crippen molar-refractivity contribution in [2.45, 2.75) is 26.3 Å². The first-order valence-electron chi connectivity index (χ1n) is 7.16. The molecule has 1 aromatic carbocycles. The molecule has 0 radical (unpaired) electrons. The van der Waals surface area contributed by atoms with E-state index in [1.54, 1.807) is 12.1 Å². The normalized spacial score (nSPS) is 16.4. The highest BCUT2D eigenvalue weighted by Gasteiger charge is 2.20. The third-order valence-electron chi connectivity index (χ3n) is 4.09. The minimum Gasteiger partial charge on any atom is -0.297 e. The Balaban J connectivity index is 1.99. The van der Waals surface area contributed by atoms with Gasteiger partial charge in [0, 0.05) is 30.6 Å². The van der Waals surface area contributed by atoms with Gasteiger partial charge in [-0.05, 0) is 36.8 Å². The van der Waals surface area contributed by atoms with Crippen LogP contribution in [-0.4, -0.2) is 29.0 Å². The highest BCUT2D eigenvalue weighted by Crippen LogP contribution is 2.38. The van der Waals surface area contributed by atoms with E-state index in [1.807, 2.05) is 6.07 Å². The zero-order valence-corrected chi connectivity index (χ0v) is 13.0. The Morgan fingerprint density at radius 1 is 1.38 bits per heavy atom. The Labute approximate surface area is 127 Å². The van der Waals surface area contributed by atoms with Gasteiger partial charge in [0.2, 0.25) is 0 Å². The summed E-state index contributed by atoms with van der Waals surface area (Å²) < 4.78 is 0.782. The number of nitro benzene ring substituents is 1. The predicted molar refractivity (Wildman–Crippen MR) is 87.8 cm³/mol. The minimum absolute atomic E-state index is 0.212. The highest BCUT2D eigenvalue weighted by molar-refractivity contribution is 7.18. The third kappa shape index (κ3) is 2.59. The van der Waals surface area contributed by atoms with Crippen LogP contribution in [0.15, 0.2) is 29.7 Å². The lowest BCUT2D eigenvalue weighted by Crippen LogP contribution is -2.34. The molecule has 0 aliphatic carbocycles. The van der Waals surface area contributed by atoms with E-state index in [9.17, 15) is 10.1 Å². The van der Waals surface area contributed by atoms with Crippen molar-refractivity contribution in [2.24, 2.45) is 0 Å². The number of hydrogen-bond acceptors (Lipinski definition) is 4. The van der Waals surface area contributed by atoms with E-state index >= 15 is 0 Å². The van der Waals surface area contributed by atoms with Crippen molar-refractivity contribution >= 4 is 32.7 Å². The van der Waals surface area contributed by atoms with Crippen LogP contribution in [0.3, 0.4) is 0 Å². The summed E-state index contributed by atoms with van der Waals surface area (Å²) in [6, 6.07) is 5.91. The maximum Gasteiger partial charge on any atom is 0.287 e. The second-order valence-electron chi connectivity index (χ2n) is 5.63. The highest BCUT2D eigenvalue weighted by atomic mass is 32.1. The first-order valence-corrected chi connectivity index (χ1v) is 8.04. The molecule has 0 fully saturated rings. The molecule has 0 spiro atoms. The van der Waals surface area contributed by atoms with Crippen LogP contribution < -0.4 is 0 Å². The van der Waals surface area contributed by atoms with Gasteiger partial charge in [-0.3, -0.25) is 15.0 Å². The van der Waals surface area contributed by atoms with Crippen molar-refractivity contribution in [3.05, 3.63) is 45.3 Å². The van der Waals surface area contributed by atoms with Crippen LogP contribution in [0, 0.1) is 10.1 Å². The largest absolute Gasteiger partial charge is 0.297 e. The first kappa shape index (κ1) is 14.2. The van der Waals surface area contributed by atoms with E-state index in [0.29, 0.717) is 6.04 Å². The number of nitro groups is 1. The van der Waals surface area contributed by atoms with Gasteiger partial charge in [-0.2, -0.15) is 0 Å². The van der Waals surface area contributed by atoms with Crippen molar-refractivity contribution < 1.29 is 4.92 Å². The van der Waals surface area contributed by atoms with E-state index < -0.39 is 0 Å². The summed E-state index contributed by atoms with van der Waals surface area (Å²) in [6.45, 7) is 6.43. The summed E-state index contributed by atoms with van der Waals surface area (Å²) in [4.78, 5) is 13.2. The predicted octanol–water partition coefficient (Wildman–Crippen LogP) is 4.31. The van der Waals surface area contributed by atoms with Crippen LogP contribution in [0.25, 0.3) is 15.7 Å². The number of non-ortho nitro benzene ring substituents is 1. The van der Waals surface area contributed by atoms with Gasteiger partial charge in [-0.25, -0.2) is 0 Å². The van der Waals surface area contributed by atoms with E-state index in [2.05, 4.69) is 30.2 Å². The van der Waals surface area contributed by atoms with Gasteiger partial charge >= 0.3 is 0 Å². The molecule has 0 atom stereocenters. The van der Waals surface area contributed by atoms with Crippen LogP contribution >= 0.6 is 11.3 Å². The molecule has 2 aromatic rings. The van der Waals surface area contributed by atoms with E-state index in [1.165, 1.54) is 22.5 Å². The summed E-state index contributed by atoms with van der Waals surface area (Å²) in [5, 5.41) is 14.2. The van der Waals surface area contributed by atoms with Gasteiger partial charge < -0.3 is 0 Å². The van der Waals surface area contributed by atoms with Crippen molar-refractivity contribution in [1.82, 2.24) is 4.90 Å². The number of hydrogen-bond donors (Lipinski definition) is 0. The molecule has 21 heavy (non-hydrogen) atoms. The number of rotatable bonds is 3. The number of fused-ring (bicyclic) bond motifs is 1. The second-order valence-corrected chi connectivity index (χ2v) is 6.51. The SMILES string of the molecule is CC(C)N1CC=C(c2csc3c([N+](=O)[O-])cccc23)CC1. The fourth-order valence-electron chi connectivity index (χ4n) is 2.83. The first-order chi connectivity index (χ1) is 10.1. The van der Waals surface area contributed by atoms with E-state index in [0.717, 1.165) is 29.6 Å². The van der Waals surface area contributed by atoms with Crippen LogP contribution in [0.2, 0.25) is 0 Å². The molecule has 1 aromatic heterocycles. The Morgan fingerprint density at radius 2 is 2.19 bits per heavy atom. The van der Waals surface area contributed by atoms with Gasteiger partial charge in [0.25, 0.3) is 5.69 Å². The molecule has 0 amide bonds. The number of thiophene rings is 1. The molecule has 5 heteroatoms. The molecule has 0 bridgehead atoms. The summed E-state index contributed by atoms with van der Waals surface area (Å²) >= 11 is 1.47. The molecule has 1 aliphatic heterocycles.